The van der Waals surface area contributed by atoms with Crippen molar-refractivity contribution in [1.29, 1.82) is 0 Å². The Morgan fingerprint density at radius 2 is 1.75 bits per heavy atom. The third-order valence-electron chi connectivity index (χ3n) is 9.35. The summed E-state index contributed by atoms with van der Waals surface area (Å²) in [5.41, 5.74) is 2.32. The van der Waals surface area contributed by atoms with Crippen LogP contribution in [0.1, 0.15) is 75.3 Å². The largest absolute Gasteiger partial charge is 0.427 e. The van der Waals surface area contributed by atoms with Gasteiger partial charge in [-0.3, -0.25) is 4.79 Å². The molecule has 2 unspecified atom stereocenters. The Bertz CT molecular complexity index is 1230. The van der Waals surface area contributed by atoms with Crippen molar-refractivity contribution in [1.82, 2.24) is 0 Å². The number of thioether (sulfide) groups is 1. The first-order valence-electron chi connectivity index (χ1n) is 17.9. The quantitative estimate of drug-likeness (QED) is 0.0755. The van der Waals surface area contributed by atoms with Gasteiger partial charge in [0.15, 0.2) is 12.6 Å². The van der Waals surface area contributed by atoms with Crippen LogP contribution in [0.3, 0.4) is 0 Å². The molecular weight excluding hydrogens is 628 g/mol. The van der Waals surface area contributed by atoms with E-state index in [9.17, 15) is 9.90 Å². The number of rotatable bonds is 18. The number of ether oxygens (including phenoxy) is 6. The van der Waals surface area contributed by atoms with E-state index in [-0.39, 0.29) is 42.6 Å². The molecule has 0 amide bonds. The van der Waals surface area contributed by atoms with Crippen molar-refractivity contribution in [2.24, 2.45) is 11.8 Å². The topological polar surface area (TPSA) is 92.7 Å². The van der Waals surface area contributed by atoms with Crippen LogP contribution in [-0.4, -0.2) is 73.8 Å². The van der Waals surface area contributed by atoms with E-state index in [0.717, 1.165) is 81.6 Å². The molecule has 2 heterocycles. The van der Waals surface area contributed by atoms with Crippen molar-refractivity contribution < 1.29 is 38.3 Å². The lowest BCUT2D eigenvalue weighted by Crippen LogP contribution is -2.31. The molecule has 264 valence electrons. The number of aliphatic hydroxyl groups excluding tert-OH is 1. The Morgan fingerprint density at radius 3 is 2.50 bits per heavy atom. The molecule has 1 saturated carbocycles. The van der Waals surface area contributed by atoms with Crippen molar-refractivity contribution in [3.05, 3.63) is 77.9 Å². The molecular formula is C39H54O8S. The lowest BCUT2D eigenvalue weighted by molar-refractivity contribution is -0.193. The lowest BCUT2D eigenvalue weighted by Gasteiger charge is -2.30. The fourth-order valence-corrected chi connectivity index (χ4v) is 7.89. The summed E-state index contributed by atoms with van der Waals surface area (Å²) < 4.78 is 35.9. The van der Waals surface area contributed by atoms with E-state index in [1.165, 1.54) is 5.56 Å². The Labute approximate surface area is 290 Å². The predicted molar refractivity (Wildman–Crippen MR) is 188 cm³/mol. The van der Waals surface area contributed by atoms with Crippen LogP contribution in [0.25, 0.3) is 0 Å². The number of hydrogen-bond donors (Lipinski definition) is 1. The van der Waals surface area contributed by atoms with Gasteiger partial charge in [0, 0.05) is 45.5 Å². The van der Waals surface area contributed by atoms with Crippen LogP contribution in [0.2, 0.25) is 0 Å². The maximum absolute atomic E-state index is 12.2. The maximum Gasteiger partial charge on any atom is 0.311 e. The van der Waals surface area contributed by atoms with Crippen molar-refractivity contribution in [3.8, 4) is 5.75 Å². The van der Waals surface area contributed by atoms with E-state index in [1.807, 2.05) is 30.0 Å². The second kappa shape index (κ2) is 20.4. The molecule has 0 aromatic heterocycles. The number of carbonyl (C=O) groups is 1. The molecule has 0 radical (unpaired) electrons. The Kier molecular flexibility index (Phi) is 15.8. The maximum atomic E-state index is 12.2. The minimum absolute atomic E-state index is 0.0326. The second-order valence-electron chi connectivity index (χ2n) is 13.1. The molecule has 2 saturated heterocycles. The normalized spacial score (nSPS) is 26.9. The summed E-state index contributed by atoms with van der Waals surface area (Å²) in [4.78, 5) is 12.2. The second-order valence-corrected chi connectivity index (χ2v) is 14.3. The summed E-state index contributed by atoms with van der Waals surface area (Å²) in [5, 5.41) is 11.3. The molecule has 2 aromatic carbocycles. The molecule has 3 aliphatic rings. The highest BCUT2D eigenvalue weighted by Crippen LogP contribution is 2.40. The van der Waals surface area contributed by atoms with Crippen molar-refractivity contribution >= 4 is 17.7 Å². The highest BCUT2D eigenvalue weighted by Gasteiger charge is 2.43. The van der Waals surface area contributed by atoms with Crippen LogP contribution in [0.15, 0.2) is 66.7 Å². The molecule has 48 heavy (non-hydrogen) atoms. The SMILES string of the molecule is COCc1cccc(C[C@@H](C=C[C@@H]2[C@@H](CCSCCCC(=O)Oc3ccccc3)[C@@H](O)C[C@H]2OC2CCCCO2)OC2CCCCO2)c1. The van der Waals surface area contributed by atoms with Gasteiger partial charge in [0.2, 0.25) is 0 Å². The molecule has 3 fully saturated rings. The highest BCUT2D eigenvalue weighted by atomic mass is 32.2. The summed E-state index contributed by atoms with van der Waals surface area (Å²) in [7, 11) is 1.71. The standard InChI is InChI=1S/C39H54O8S/c1-42-28-30-12-9-11-29(25-30)26-32(46-38-16-5-7-21-43-38)18-19-34-33(35(40)27-36(34)47-39-17-6-8-22-44-39)20-24-48-23-10-15-37(41)45-31-13-3-2-4-14-31/h2-4,9,11-14,18-19,25,32-36,38-40H,5-8,10,15-17,20-24,26-28H2,1H3/t32-,33-,34-,35+,36-,38?,39?/m1/s1. The zero-order valence-electron chi connectivity index (χ0n) is 28.4. The number of para-hydroxylation sites is 1. The first-order chi connectivity index (χ1) is 23.6. The van der Waals surface area contributed by atoms with Gasteiger partial charge in [-0.1, -0.05) is 54.6 Å². The number of methoxy groups -OCH3 is 1. The third-order valence-corrected chi connectivity index (χ3v) is 10.4. The van der Waals surface area contributed by atoms with E-state index >= 15 is 0 Å². The number of hydrogen-bond acceptors (Lipinski definition) is 9. The average Bonchev–Trinajstić information content (AvgIpc) is 3.39. The monoisotopic (exact) mass is 682 g/mol. The van der Waals surface area contributed by atoms with Gasteiger partial charge in [0.25, 0.3) is 0 Å². The van der Waals surface area contributed by atoms with Crippen molar-refractivity contribution in [3.63, 3.8) is 0 Å². The van der Waals surface area contributed by atoms with Crippen molar-refractivity contribution in [2.45, 2.75) is 108 Å². The first kappa shape index (κ1) is 37.0. The fourth-order valence-electron chi connectivity index (χ4n) is 6.90. The zero-order valence-corrected chi connectivity index (χ0v) is 29.2. The Morgan fingerprint density at radius 1 is 0.979 bits per heavy atom. The lowest BCUT2D eigenvalue weighted by atomic mass is 9.90. The molecule has 9 heteroatoms. The Hall–Kier alpha value is -2.24. The highest BCUT2D eigenvalue weighted by molar-refractivity contribution is 7.99. The molecule has 8 nitrogen and oxygen atoms in total. The van der Waals surface area contributed by atoms with Gasteiger partial charge in [-0.2, -0.15) is 11.8 Å². The first-order valence-corrected chi connectivity index (χ1v) is 19.0. The molecule has 2 aliphatic heterocycles. The number of benzene rings is 2. The zero-order chi connectivity index (χ0) is 33.4. The van der Waals surface area contributed by atoms with E-state index in [4.69, 9.17) is 28.4 Å². The van der Waals surface area contributed by atoms with Crippen LogP contribution in [0, 0.1) is 11.8 Å². The number of aliphatic hydroxyl groups is 1. The van der Waals surface area contributed by atoms with Crippen molar-refractivity contribution in [2.75, 3.05) is 31.8 Å². The Balaban J connectivity index is 1.21. The van der Waals surface area contributed by atoms with E-state index in [2.05, 4.69) is 36.4 Å². The van der Waals surface area contributed by atoms with E-state index in [1.54, 1.807) is 19.2 Å². The minimum Gasteiger partial charge on any atom is -0.427 e. The van der Waals surface area contributed by atoms with Crippen LogP contribution >= 0.6 is 11.8 Å². The summed E-state index contributed by atoms with van der Waals surface area (Å²) >= 11 is 1.82. The van der Waals surface area contributed by atoms with Gasteiger partial charge < -0.3 is 33.5 Å². The van der Waals surface area contributed by atoms with Crippen LogP contribution in [-0.2, 0) is 41.5 Å². The molecule has 2 aromatic rings. The molecule has 1 N–H and O–H groups in total. The van der Waals surface area contributed by atoms with Crippen LogP contribution in [0.4, 0.5) is 0 Å². The number of esters is 1. The molecule has 1 aliphatic carbocycles. The molecule has 0 bridgehead atoms. The summed E-state index contributed by atoms with van der Waals surface area (Å²) in [5.74, 6) is 2.23. The van der Waals surface area contributed by atoms with E-state index in [0.29, 0.717) is 31.6 Å². The molecule has 7 atom stereocenters. The minimum atomic E-state index is -0.457. The molecule has 0 spiro atoms. The number of carbonyl (C=O) groups excluding carboxylic acids is 1. The predicted octanol–water partition coefficient (Wildman–Crippen LogP) is 7.26. The van der Waals surface area contributed by atoms with Gasteiger partial charge >= 0.3 is 5.97 Å². The van der Waals surface area contributed by atoms with Gasteiger partial charge in [-0.25, -0.2) is 0 Å². The van der Waals surface area contributed by atoms with Gasteiger partial charge in [0.05, 0.1) is 24.9 Å². The van der Waals surface area contributed by atoms with Crippen LogP contribution < -0.4 is 4.74 Å². The van der Waals surface area contributed by atoms with Gasteiger partial charge in [-0.05, 0) is 92.0 Å². The van der Waals surface area contributed by atoms with Crippen LogP contribution in [0.5, 0.6) is 5.75 Å². The van der Waals surface area contributed by atoms with Gasteiger partial charge in [0.1, 0.15) is 5.75 Å². The fraction of sp³-hybridized carbons (Fsp3) is 0.615. The summed E-state index contributed by atoms with van der Waals surface area (Å²) in [6.07, 6.45) is 12.6. The van der Waals surface area contributed by atoms with E-state index < -0.39 is 6.10 Å². The average molecular weight is 683 g/mol. The summed E-state index contributed by atoms with van der Waals surface area (Å²) in [6.45, 7) is 2.02. The van der Waals surface area contributed by atoms with Gasteiger partial charge in [-0.15, -0.1) is 0 Å². The smallest absolute Gasteiger partial charge is 0.311 e. The molecule has 5 rings (SSSR count). The summed E-state index contributed by atoms with van der Waals surface area (Å²) in [6, 6.07) is 17.7. The third kappa shape index (κ3) is 12.3.